The van der Waals surface area contributed by atoms with Gasteiger partial charge >= 0.3 is 0 Å². The van der Waals surface area contributed by atoms with Crippen LogP contribution in [0.5, 0.6) is 0 Å². The molecule has 0 fully saturated rings. The van der Waals surface area contributed by atoms with Gasteiger partial charge in [0.1, 0.15) is 6.04 Å². The number of rotatable bonds is 10. The molecule has 0 radical (unpaired) electrons. The van der Waals surface area contributed by atoms with E-state index in [1.54, 1.807) is 17.0 Å². The molecule has 8 heteroatoms. The molecule has 1 atom stereocenters. The van der Waals surface area contributed by atoms with E-state index in [1.807, 2.05) is 51.1 Å². The van der Waals surface area contributed by atoms with Crippen LogP contribution in [0.25, 0.3) is 0 Å². The fraction of sp³-hybridized carbons (Fsp3) is 0.391. The maximum absolute atomic E-state index is 13.2. The minimum absolute atomic E-state index is 0.00439. The number of hydrogen-bond donors (Lipinski definition) is 1. The number of amides is 2. The average molecular weight is 546 g/mol. The van der Waals surface area contributed by atoms with Crippen molar-refractivity contribution < 1.29 is 9.59 Å². The number of nitrogens with zero attached hydrogens (tertiary/aromatic N) is 1. The van der Waals surface area contributed by atoms with E-state index in [4.69, 9.17) is 23.2 Å². The topological polar surface area (TPSA) is 49.4 Å². The van der Waals surface area contributed by atoms with Gasteiger partial charge in [-0.25, -0.2) is 0 Å². The SMILES string of the molecule is CC[C@@H](C(=O)NC(C)C)N(Cc1ccc(Cl)c(Cl)c1)C(=O)CSCc1ccc(Br)cc1. The summed E-state index contributed by atoms with van der Waals surface area (Å²) in [7, 11) is 0. The molecule has 2 rings (SSSR count). The zero-order chi connectivity index (χ0) is 23.0. The summed E-state index contributed by atoms with van der Waals surface area (Å²) >= 11 is 17.2. The van der Waals surface area contributed by atoms with Crippen molar-refractivity contribution in [2.45, 2.75) is 51.6 Å². The number of hydrogen-bond acceptors (Lipinski definition) is 3. The number of benzene rings is 2. The van der Waals surface area contributed by atoms with Crippen LogP contribution in [0.3, 0.4) is 0 Å². The summed E-state index contributed by atoms with van der Waals surface area (Å²) in [4.78, 5) is 27.6. The Morgan fingerprint density at radius 2 is 1.71 bits per heavy atom. The van der Waals surface area contributed by atoms with E-state index < -0.39 is 6.04 Å². The van der Waals surface area contributed by atoms with Crippen molar-refractivity contribution in [2.24, 2.45) is 0 Å². The number of nitrogens with one attached hydrogen (secondary N) is 1. The molecule has 0 spiro atoms. The molecule has 0 aliphatic heterocycles. The Morgan fingerprint density at radius 3 is 2.29 bits per heavy atom. The van der Waals surface area contributed by atoms with Crippen molar-refractivity contribution in [1.29, 1.82) is 0 Å². The molecule has 31 heavy (non-hydrogen) atoms. The van der Waals surface area contributed by atoms with Crippen LogP contribution in [0.1, 0.15) is 38.3 Å². The van der Waals surface area contributed by atoms with Crippen molar-refractivity contribution in [3.63, 3.8) is 0 Å². The summed E-state index contributed by atoms with van der Waals surface area (Å²) in [6.45, 7) is 6.01. The predicted octanol–water partition coefficient (Wildman–Crippen LogP) is 6.32. The van der Waals surface area contributed by atoms with Gasteiger partial charge in [0, 0.05) is 22.8 Å². The normalized spacial score (nSPS) is 12.0. The van der Waals surface area contributed by atoms with Crippen LogP contribution in [-0.4, -0.2) is 34.6 Å². The van der Waals surface area contributed by atoms with Gasteiger partial charge in [-0.2, -0.15) is 0 Å². The smallest absolute Gasteiger partial charge is 0.243 e. The quantitative estimate of drug-likeness (QED) is 0.380. The van der Waals surface area contributed by atoms with E-state index >= 15 is 0 Å². The first-order chi connectivity index (χ1) is 14.7. The van der Waals surface area contributed by atoms with Crippen molar-refractivity contribution in [3.8, 4) is 0 Å². The number of thioether (sulfide) groups is 1. The van der Waals surface area contributed by atoms with E-state index in [9.17, 15) is 9.59 Å². The molecule has 0 unspecified atom stereocenters. The lowest BCUT2D eigenvalue weighted by Crippen LogP contribution is -2.50. The standard InChI is InChI=1S/C23H27BrCl2N2O2S/c1-4-21(23(30)27-15(2)3)28(12-17-7-10-19(25)20(26)11-17)22(29)14-31-13-16-5-8-18(24)9-6-16/h5-11,15,21H,4,12-14H2,1-3H3,(H,27,30)/t21-/m0/s1. The van der Waals surface area contributed by atoms with Gasteiger partial charge in [0.15, 0.2) is 0 Å². The Bertz CT molecular complexity index is 894. The highest BCUT2D eigenvalue weighted by Crippen LogP contribution is 2.25. The van der Waals surface area contributed by atoms with Crippen LogP contribution in [0.2, 0.25) is 10.0 Å². The van der Waals surface area contributed by atoms with Gasteiger partial charge in [0.05, 0.1) is 15.8 Å². The maximum atomic E-state index is 13.2. The highest BCUT2D eigenvalue weighted by atomic mass is 79.9. The molecule has 2 amide bonds. The van der Waals surface area contributed by atoms with Gasteiger partial charge in [-0.15, -0.1) is 11.8 Å². The molecule has 0 aliphatic carbocycles. The highest BCUT2D eigenvalue weighted by Gasteiger charge is 2.29. The third-order valence-corrected chi connectivity index (χ3v) is 6.82. The first-order valence-electron chi connectivity index (χ1n) is 10.1. The molecule has 0 aromatic heterocycles. The van der Waals surface area contributed by atoms with Crippen LogP contribution >= 0.6 is 50.9 Å². The molecule has 0 bridgehead atoms. The maximum Gasteiger partial charge on any atom is 0.243 e. The lowest BCUT2D eigenvalue weighted by atomic mass is 10.1. The second-order valence-electron chi connectivity index (χ2n) is 7.48. The van der Waals surface area contributed by atoms with Crippen LogP contribution < -0.4 is 5.32 Å². The third-order valence-electron chi connectivity index (χ3n) is 4.56. The number of carbonyl (C=O) groups excluding carboxylic acids is 2. The van der Waals surface area contributed by atoms with Crippen molar-refractivity contribution in [1.82, 2.24) is 10.2 Å². The summed E-state index contributed by atoms with van der Waals surface area (Å²) in [5.74, 6) is 0.764. The second kappa shape index (κ2) is 12.7. The van der Waals surface area contributed by atoms with Crippen LogP contribution in [0, 0.1) is 0 Å². The van der Waals surface area contributed by atoms with Gasteiger partial charge in [0.25, 0.3) is 0 Å². The second-order valence-corrected chi connectivity index (χ2v) is 10.2. The van der Waals surface area contributed by atoms with Gasteiger partial charge in [-0.1, -0.05) is 64.3 Å². The molecule has 168 valence electrons. The van der Waals surface area contributed by atoms with E-state index in [0.717, 1.165) is 15.6 Å². The molecule has 2 aromatic rings. The van der Waals surface area contributed by atoms with E-state index in [-0.39, 0.29) is 23.6 Å². The van der Waals surface area contributed by atoms with Crippen LogP contribution in [0.15, 0.2) is 46.9 Å². The third kappa shape index (κ3) is 8.33. The Kier molecular flexibility index (Phi) is 10.7. The molecule has 0 heterocycles. The van der Waals surface area contributed by atoms with E-state index in [0.29, 0.717) is 28.8 Å². The van der Waals surface area contributed by atoms with Gasteiger partial charge < -0.3 is 10.2 Å². The Balaban J connectivity index is 2.15. The van der Waals surface area contributed by atoms with Crippen molar-refractivity contribution in [2.75, 3.05) is 5.75 Å². The summed E-state index contributed by atoms with van der Waals surface area (Å²) < 4.78 is 1.02. The molecule has 0 saturated carbocycles. The van der Waals surface area contributed by atoms with Gasteiger partial charge in [0.2, 0.25) is 11.8 Å². The Hall–Kier alpha value is -1.21. The fourth-order valence-electron chi connectivity index (χ4n) is 3.05. The van der Waals surface area contributed by atoms with Crippen LogP contribution in [0.4, 0.5) is 0 Å². The summed E-state index contributed by atoms with van der Waals surface area (Å²) in [6, 6.07) is 12.7. The van der Waals surface area contributed by atoms with E-state index in [2.05, 4.69) is 21.2 Å². The molecule has 2 aromatic carbocycles. The average Bonchev–Trinajstić information content (AvgIpc) is 2.71. The molecule has 0 saturated heterocycles. The van der Waals surface area contributed by atoms with Gasteiger partial charge in [-0.05, 0) is 55.7 Å². The monoisotopic (exact) mass is 544 g/mol. The zero-order valence-corrected chi connectivity index (χ0v) is 21.7. The lowest BCUT2D eigenvalue weighted by molar-refractivity contribution is -0.139. The van der Waals surface area contributed by atoms with E-state index in [1.165, 1.54) is 11.8 Å². The molecule has 0 aliphatic rings. The molecular formula is C23H27BrCl2N2O2S. The summed E-state index contributed by atoms with van der Waals surface area (Å²) in [6.07, 6.45) is 0.517. The zero-order valence-electron chi connectivity index (χ0n) is 17.8. The first-order valence-corrected chi connectivity index (χ1v) is 12.8. The Labute approximate surface area is 207 Å². The molecular weight excluding hydrogens is 519 g/mol. The molecule has 4 nitrogen and oxygen atoms in total. The van der Waals surface area contributed by atoms with Crippen LogP contribution in [-0.2, 0) is 21.9 Å². The minimum Gasteiger partial charge on any atom is -0.352 e. The molecule has 1 N–H and O–H groups in total. The minimum atomic E-state index is -0.558. The van der Waals surface area contributed by atoms with Crippen molar-refractivity contribution in [3.05, 3.63) is 68.1 Å². The summed E-state index contributed by atoms with van der Waals surface area (Å²) in [5, 5.41) is 3.81. The fourth-order valence-corrected chi connectivity index (χ4v) is 4.51. The largest absolute Gasteiger partial charge is 0.352 e. The highest BCUT2D eigenvalue weighted by molar-refractivity contribution is 9.10. The Morgan fingerprint density at radius 1 is 1.06 bits per heavy atom. The van der Waals surface area contributed by atoms with Gasteiger partial charge in [-0.3, -0.25) is 9.59 Å². The number of carbonyl (C=O) groups is 2. The predicted molar refractivity (Wildman–Crippen MR) is 135 cm³/mol. The number of halogens is 3. The summed E-state index contributed by atoms with van der Waals surface area (Å²) in [5.41, 5.74) is 1.97. The first kappa shape index (κ1) is 26.0. The lowest BCUT2D eigenvalue weighted by Gasteiger charge is -2.31. The van der Waals surface area contributed by atoms with Crippen molar-refractivity contribution >= 4 is 62.7 Å².